The summed E-state index contributed by atoms with van der Waals surface area (Å²) in [6, 6.07) is 10.3. The first-order valence-electron chi connectivity index (χ1n) is 7.09. The van der Waals surface area contributed by atoms with Gasteiger partial charge in [-0.1, -0.05) is 42.0 Å². The van der Waals surface area contributed by atoms with Gasteiger partial charge in [-0.2, -0.15) is 0 Å². The molecule has 3 nitrogen and oxygen atoms in total. The highest BCUT2D eigenvalue weighted by molar-refractivity contribution is 5.87. The molecule has 2 rings (SSSR count). The van der Waals surface area contributed by atoms with E-state index in [0.717, 1.165) is 37.9 Å². The van der Waals surface area contributed by atoms with Crippen LogP contribution in [0.25, 0.3) is 0 Å². The molecule has 0 aromatic heterocycles. The minimum Gasteiger partial charge on any atom is -0.464 e. The maximum atomic E-state index is 10.7. The van der Waals surface area contributed by atoms with E-state index in [4.69, 9.17) is 4.74 Å². The lowest BCUT2D eigenvalue weighted by molar-refractivity contribution is -0.133. The summed E-state index contributed by atoms with van der Waals surface area (Å²) in [5.74, 6) is 0. The molecule has 3 heteroatoms. The van der Waals surface area contributed by atoms with Crippen molar-refractivity contribution in [3.05, 3.63) is 47.5 Å². The molecule has 1 aliphatic heterocycles. The van der Waals surface area contributed by atoms with Gasteiger partial charge in [0.1, 0.15) is 6.10 Å². The summed E-state index contributed by atoms with van der Waals surface area (Å²) >= 11 is 0. The number of nitrogens with zero attached hydrogens (tertiary/aromatic N) is 1. The smallest absolute Gasteiger partial charge is 0.293 e. The van der Waals surface area contributed by atoms with E-state index < -0.39 is 0 Å². The van der Waals surface area contributed by atoms with E-state index in [1.165, 1.54) is 11.1 Å². The summed E-state index contributed by atoms with van der Waals surface area (Å²) in [4.78, 5) is 15.2. The van der Waals surface area contributed by atoms with Crippen molar-refractivity contribution in [2.45, 2.75) is 38.7 Å². The fourth-order valence-corrected chi connectivity index (χ4v) is 2.45. The number of aliphatic imine (C=N–C) groups is 1. The largest absolute Gasteiger partial charge is 0.464 e. The van der Waals surface area contributed by atoms with Crippen LogP contribution in [0.2, 0.25) is 0 Å². The molecule has 1 heterocycles. The molecule has 0 saturated heterocycles. The van der Waals surface area contributed by atoms with Crippen molar-refractivity contribution in [3.63, 3.8) is 0 Å². The fourth-order valence-electron chi connectivity index (χ4n) is 2.45. The van der Waals surface area contributed by atoms with E-state index in [1.807, 2.05) is 18.2 Å². The lowest BCUT2D eigenvalue weighted by atomic mass is 9.98. The van der Waals surface area contributed by atoms with Crippen LogP contribution in [0.4, 0.5) is 0 Å². The van der Waals surface area contributed by atoms with Gasteiger partial charge >= 0.3 is 0 Å². The van der Waals surface area contributed by atoms with Gasteiger partial charge in [-0.3, -0.25) is 9.79 Å². The molecule has 0 spiro atoms. The van der Waals surface area contributed by atoms with Gasteiger partial charge in [-0.15, -0.1) is 0 Å². The normalized spacial score (nSPS) is 16.1. The number of carbonyl (C=O) groups is 1. The predicted octanol–water partition coefficient (Wildman–Crippen LogP) is 3.34. The number of ether oxygens (including phenoxy) is 1. The molecule has 1 aromatic rings. The standard InChI is InChI=1S/C17H21NO2/c1-14-9-10-18-16(11-14)12-17(20-13-19)8-7-15-5-3-2-4-6-15/h2-6,9,13,17H,7-8,10-12H2,1H3. The highest BCUT2D eigenvalue weighted by Crippen LogP contribution is 2.16. The average Bonchev–Trinajstić information content (AvgIpc) is 2.46. The first-order valence-corrected chi connectivity index (χ1v) is 7.09. The summed E-state index contributed by atoms with van der Waals surface area (Å²) in [6.45, 7) is 3.43. The number of rotatable bonds is 7. The molecule has 1 aliphatic rings. The molecule has 0 N–H and O–H groups in total. The van der Waals surface area contributed by atoms with Crippen molar-refractivity contribution < 1.29 is 9.53 Å². The molecule has 0 bridgehead atoms. The van der Waals surface area contributed by atoms with Crippen molar-refractivity contribution in [1.29, 1.82) is 0 Å². The second kappa shape index (κ2) is 7.63. The van der Waals surface area contributed by atoms with Crippen LogP contribution in [0.15, 0.2) is 47.0 Å². The number of carbonyl (C=O) groups excluding carboxylic acids is 1. The molecule has 1 atom stereocenters. The third-order valence-corrected chi connectivity index (χ3v) is 3.55. The molecule has 20 heavy (non-hydrogen) atoms. The summed E-state index contributed by atoms with van der Waals surface area (Å²) < 4.78 is 5.22. The lowest BCUT2D eigenvalue weighted by Crippen LogP contribution is -2.20. The van der Waals surface area contributed by atoms with E-state index in [1.54, 1.807) is 0 Å². The van der Waals surface area contributed by atoms with Gasteiger partial charge in [-0.25, -0.2) is 0 Å². The first kappa shape index (κ1) is 14.5. The van der Waals surface area contributed by atoms with Crippen LogP contribution < -0.4 is 0 Å². The minimum absolute atomic E-state index is 0.0719. The molecule has 0 aliphatic carbocycles. The van der Waals surface area contributed by atoms with Crippen LogP contribution in [0, 0.1) is 0 Å². The number of benzene rings is 1. The Balaban J connectivity index is 1.87. The zero-order valence-electron chi connectivity index (χ0n) is 11.9. The number of hydrogen-bond donors (Lipinski definition) is 0. The van der Waals surface area contributed by atoms with Crippen molar-refractivity contribution in [1.82, 2.24) is 0 Å². The minimum atomic E-state index is -0.0719. The topological polar surface area (TPSA) is 38.7 Å². The third-order valence-electron chi connectivity index (χ3n) is 3.55. The second-order valence-electron chi connectivity index (χ2n) is 5.22. The summed E-state index contributed by atoms with van der Waals surface area (Å²) in [5, 5.41) is 0. The van der Waals surface area contributed by atoms with Gasteiger partial charge in [-0.05, 0) is 25.3 Å². The Morgan fingerprint density at radius 3 is 2.85 bits per heavy atom. The van der Waals surface area contributed by atoms with Crippen LogP contribution in [0.1, 0.15) is 31.7 Å². The van der Waals surface area contributed by atoms with Crippen molar-refractivity contribution >= 4 is 12.2 Å². The van der Waals surface area contributed by atoms with E-state index in [9.17, 15) is 4.79 Å². The molecule has 0 amide bonds. The zero-order chi connectivity index (χ0) is 14.2. The average molecular weight is 271 g/mol. The van der Waals surface area contributed by atoms with Crippen LogP contribution in [0.5, 0.6) is 0 Å². The van der Waals surface area contributed by atoms with Crippen molar-refractivity contribution in [3.8, 4) is 0 Å². The molecule has 1 unspecified atom stereocenters. The highest BCUT2D eigenvalue weighted by atomic mass is 16.5. The maximum absolute atomic E-state index is 10.7. The SMILES string of the molecule is CC1=CCN=C(CC(CCc2ccccc2)OC=O)C1. The monoisotopic (exact) mass is 271 g/mol. The molecule has 0 fully saturated rings. The van der Waals surface area contributed by atoms with E-state index in [0.29, 0.717) is 6.47 Å². The Morgan fingerprint density at radius 1 is 1.35 bits per heavy atom. The van der Waals surface area contributed by atoms with Crippen molar-refractivity contribution in [2.75, 3.05) is 6.54 Å². The lowest BCUT2D eigenvalue weighted by Gasteiger charge is -2.18. The summed E-state index contributed by atoms with van der Waals surface area (Å²) in [6.07, 6.45) is 5.48. The predicted molar refractivity (Wildman–Crippen MR) is 81.0 cm³/mol. The van der Waals surface area contributed by atoms with E-state index in [-0.39, 0.29) is 6.10 Å². The number of allylic oxidation sites excluding steroid dienone is 1. The Bertz CT molecular complexity index is 491. The van der Waals surface area contributed by atoms with Crippen LogP contribution in [-0.2, 0) is 16.0 Å². The second-order valence-corrected chi connectivity index (χ2v) is 5.22. The molecule has 0 radical (unpaired) electrons. The number of aryl methyl sites for hydroxylation is 1. The zero-order valence-corrected chi connectivity index (χ0v) is 11.9. The van der Waals surface area contributed by atoms with Crippen molar-refractivity contribution in [2.24, 2.45) is 4.99 Å². The maximum Gasteiger partial charge on any atom is 0.293 e. The Hall–Kier alpha value is -1.90. The van der Waals surface area contributed by atoms with Crippen LogP contribution in [-0.4, -0.2) is 24.8 Å². The van der Waals surface area contributed by atoms with Gasteiger partial charge in [0, 0.05) is 18.6 Å². The van der Waals surface area contributed by atoms with Crippen LogP contribution >= 0.6 is 0 Å². The molecule has 1 aromatic carbocycles. The van der Waals surface area contributed by atoms with Gasteiger partial charge in [0.15, 0.2) is 0 Å². The van der Waals surface area contributed by atoms with Gasteiger partial charge in [0.05, 0.1) is 6.54 Å². The highest BCUT2D eigenvalue weighted by Gasteiger charge is 2.15. The Kier molecular flexibility index (Phi) is 5.54. The molecular formula is C17H21NO2. The fraction of sp³-hybridized carbons (Fsp3) is 0.412. The molecular weight excluding hydrogens is 250 g/mol. The summed E-state index contributed by atoms with van der Waals surface area (Å²) in [5.41, 5.74) is 3.77. The molecule has 0 saturated carbocycles. The number of dihydropyridines is 1. The Morgan fingerprint density at radius 2 is 2.15 bits per heavy atom. The Labute approximate surface area is 120 Å². The first-order chi connectivity index (χ1) is 9.78. The van der Waals surface area contributed by atoms with Gasteiger partial charge in [0.2, 0.25) is 0 Å². The summed E-state index contributed by atoms with van der Waals surface area (Å²) in [7, 11) is 0. The van der Waals surface area contributed by atoms with E-state index in [2.05, 4.69) is 30.1 Å². The van der Waals surface area contributed by atoms with Gasteiger partial charge in [0.25, 0.3) is 6.47 Å². The molecule has 106 valence electrons. The van der Waals surface area contributed by atoms with Gasteiger partial charge < -0.3 is 4.74 Å². The third kappa shape index (κ3) is 4.65. The number of hydrogen-bond acceptors (Lipinski definition) is 3. The van der Waals surface area contributed by atoms with Crippen LogP contribution in [0.3, 0.4) is 0 Å². The quantitative estimate of drug-likeness (QED) is 0.563. The van der Waals surface area contributed by atoms with E-state index >= 15 is 0 Å².